The number of aromatic nitrogens is 1. The summed E-state index contributed by atoms with van der Waals surface area (Å²) in [7, 11) is 0. The summed E-state index contributed by atoms with van der Waals surface area (Å²) in [5, 5.41) is 9.82. The van der Waals surface area contributed by atoms with Gasteiger partial charge in [0, 0.05) is 15.2 Å². The molecular formula is C10H6INO2. The average Bonchev–Trinajstić information content (AvgIpc) is 2.16. The molecule has 1 N–H and O–H groups in total. The van der Waals surface area contributed by atoms with Crippen LogP contribution in [0.15, 0.2) is 30.5 Å². The van der Waals surface area contributed by atoms with E-state index in [2.05, 4.69) is 27.6 Å². The molecule has 0 bridgehead atoms. The number of rotatable bonds is 1. The van der Waals surface area contributed by atoms with Crippen LogP contribution in [0.4, 0.5) is 0 Å². The lowest BCUT2D eigenvalue weighted by molar-refractivity contribution is 0.0699. The van der Waals surface area contributed by atoms with Crippen molar-refractivity contribution in [3.63, 3.8) is 0 Å². The average molecular weight is 299 g/mol. The van der Waals surface area contributed by atoms with Gasteiger partial charge in [0.15, 0.2) is 0 Å². The maximum atomic E-state index is 10.9. The second-order valence-electron chi connectivity index (χ2n) is 2.83. The Kier molecular flexibility index (Phi) is 2.37. The Labute approximate surface area is 93.9 Å². The molecule has 0 saturated heterocycles. The molecule has 0 unspecified atom stereocenters. The van der Waals surface area contributed by atoms with Crippen LogP contribution in [0, 0.1) is 3.57 Å². The van der Waals surface area contributed by atoms with E-state index in [-0.39, 0.29) is 5.56 Å². The number of carboxylic acids is 1. The number of nitrogens with zero attached hydrogens (tertiary/aromatic N) is 1. The summed E-state index contributed by atoms with van der Waals surface area (Å²) in [6.45, 7) is 0. The van der Waals surface area contributed by atoms with Crippen LogP contribution in [-0.4, -0.2) is 16.1 Å². The predicted molar refractivity (Wildman–Crippen MR) is 61.4 cm³/mol. The molecule has 0 radical (unpaired) electrons. The second kappa shape index (κ2) is 3.53. The molecule has 0 atom stereocenters. The minimum Gasteiger partial charge on any atom is -0.478 e. The molecule has 0 aliphatic heterocycles. The van der Waals surface area contributed by atoms with E-state index < -0.39 is 5.97 Å². The Morgan fingerprint density at radius 3 is 2.93 bits per heavy atom. The third-order valence-corrected chi connectivity index (χ3v) is 2.52. The number of hydrogen-bond donors (Lipinski definition) is 1. The third kappa shape index (κ3) is 1.57. The van der Waals surface area contributed by atoms with Crippen molar-refractivity contribution in [1.29, 1.82) is 0 Å². The highest BCUT2D eigenvalue weighted by molar-refractivity contribution is 14.1. The Morgan fingerprint density at radius 1 is 1.43 bits per heavy atom. The van der Waals surface area contributed by atoms with Gasteiger partial charge >= 0.3 is 5.97 Å². The highest BCUT2D eigenvalue weighted by atomic mass is 127. The van der Waals surface area contributed by atoms with E-state index >= 15 is 0 Å². The summed E-state index contributed by atoms with van der Waals surface area (Å²) in [4.78, 5) is 15.0. The fourth-order valence-corrected chi connectivity index (χ4v) is 1.97. The van der Waals surface area contributed by atoms with Crippen molar-refractivity contribution < 1.29 is 9.90 Å². The van der Waals surface area contributed by atoms with Gasteiger partial charge in [-0.2, -0.15) is 0 Å². The summed E-state index contributed by atoms with van der Waals surface area (Å²) in [5.41, 5.74) is 0.799. The number of fused-ring (bicyclic) bond motifs is 1. The Balaban J connectivity index is 2.87. The normalized spacial score (nSPS) is 10.4. The van der Waals surface area contributed by atoms with Crippen molar-refractivity contribution in [3.05, 3.63) is 39.6 Å². The molecule has 3 nitrogen and oxygen atoms in total. The molecule has 2 aromatic rings. The minimum atomic E-state index is -0.938. The van der Waals surface area contributed by atoms with Crippen LogP contribution in [0.5, 0.6) is 0 Å². The maximum absolute atomic E-state index is 10.9. The molecule has 1 aromatic heterocycles. The van der Waals surface area contributed by atoms with Crippen LogP contribution in [0.25, 0.3) is 10.9 Å². The minimum absolute atomic E-state index is 0.257. The van der Waals surface area contributed by atoms with Crippen LogP contribution in [0.2, 0.25) is 0 Å². The van der Waals surface area contributed by atoms with Gasteiger partial charge in [-0.1, -0.05) is 6.07 Å². The third-order valence-electron chi connectivity index (χ3n) is 1.90. The molecule has 0 amide bonds. The summed E-state index contributed by atoms with van der Waals surface area (Å²) in [5.74, 6) is -0.938. The second-order valence-corrected chi connectivity index (χ2v) is 4.08. The topological polar surface area (TPSA) is 50.2 Å². The quantitative estimate of drug-likeness (QED) is 0.823. The lowest BCUT2D eigenvalue weighted by Crippen LogP contribution is -1.99. The first kappa shape index (κ1) is 9.39. The number of benzene rings is 1. The zero-order valence-corrected chi connectivity index (χ0v) is 9.22. The van der Waals surface area contributed by atoms with Crippen molar-refractivity contribution in [2.45, 2.75) is 0 Å². The van der Waals surface area contributed by atoms with Gasteiger partial charge in [-0.05, 0) is 40.8 Å². The van der Waals surface area contributed by atoms with Gasteiger partial charge < -0.3 is 5.11 Å². The van der Waals surface area contributed by atoms with E-state index in [9.17, 15) is 4.79 Å². The van der Waals surface area contributed by atoms with Gasteiger partial charge in [-0.25, -0.2) is 4.79 Å². The summed E-state index contributed by atoms with van der Waals surface area (Å²) >= 11 is 2.10. The Bertz CT molecular complexity index is 510. The standard InChI is InChI=1S/C10H6INO2/c11-7-4-6-2-1-3-12-9(6)8(5-7)10(13)14/h1-5H,(H,13,14). The summed E-state index contributed by atoms with van der Waals surface area (Å²) < 4.78 is 0.903. The SMILES string of the molecule is O=C(O)c1cc(I)cc2cccnc12. The molecule has 4 heteroatoms. The lowest BCUT2D eigenvalue weighted by Gasteiger charge is -2.01. The first-order valence-corrected chi connectivity index (χ1v) is 5.04. The molecule has 0 aliphatic carbocycles. The van der Waals surface area contributed by atoms with Crippen molar-refractivity contribution in [2.75, 3.05) is 0 Å². The van der Waals surface area contributed by atoms with Crippen molar-refractivity contribution in [2.24, 2.45) is 0 Å². The molecule has 0 saturated carbocycles. The first-order valence-electron chi connectivity index (χ1n) is 3.96. The van der Waals surface area contributed by atoms with E-state index in [1.165, 1.54) is 0 Å². The molecular weight excluding hydrogens is 293 g/mol. The summed E-state index contributed by atoms with van der Waals surface area (Å²) in [6, 6.07) is 7.19. The van der Waals surface area contributed by atoms with E-state index in [1.54, 1.807) is 18.3 Å². The maximum Gasteiger partial charge on any atom is 0.337 e. The first-order chi connectivity index (χ1) is 6.68. The lowest BCUT2D eigenvalue weighted by atomic mass is 10.1. The van der Waals surface area contributed by atoms with Crippen molar-refractivity contribution >= 4 is 39.5 Å². The molecule has 0 spiro atoms. The smallest absolute Gasteiger partial charge is 0.337 e. The molecule has 14 heavy (non-hydrogen) atoms. The number of halogens is 1. The van der Waals surface area contributed by atoms with Crippen LogP contribution in [-0.2, 0) is 0 Å². The fraction of sp³-hybridized carbons (Fsp3) is 0. The number of aromatic carboxylic acids is 1. The molecule has 0 aliphatic rings. The van der Waals surface area contributed by atoms with Gasteiger partial charge in [-0.15, -0.1) is 0 Å². The summed E-state index contributed by atoms with van der Waals surface area (Å²) in [6.07, 6.45) is 1.60. The molecule has 1 aromatic carbocycles. The van der Waals surface area contributed by atoms with Crippen LogP contribution in [0.3, 0.4) is 0 Å². The molecule has 2 rings (SSSR count). The number of pyridine rings is 1. The molecule has 70 valence electrons. The largest absolute Gasteiger partial charge is 0.478 e. The zero-order chi connectivity index (χ0) is 10.1. The van der Waals surface area contributed by atoms with E-state index in [0.29, 0.717) is 5.52 Å². The van der Waals surface area contributed by atoms with Crippen LogP contribution in [0.1, 0.15) is 10.4 Å². The van der Waals surface area contributed by atoms with Gasteiger partial charge in [-0.3, -0.25) is 4.98 Å². The predicted octanol–water partition coefficient (Wildman–Crippen LogP) is 2.54. The van der Waals surface area contributed by atoms with E-state index in [4.69, 9.17) is 5.11 Å². The van der Waals surface area contributed by atoms with Gasteiger partial charge in [0.2, 0.25) is 0 Å². The van der Waals surface area contributed by atoms with Crippen molar-refractivity contribution in [3.8, 4) is 0 Å². The fourth-order valence-electron chi connectivity index (χ4n) is 1.32. The van der Waals surface area contributed by atoms with Gasteiger partial charge in [0.25, 0.3) is 0 Å². The monoisotopic (exact) mass is 299 g/mol. The van der Waals surface area contributed by atoms with Gasteiger partial charge in [0.05, 0.1) is 11.1 Å². The van der Waals surface area contributed by atoms with E-state index in [1.807, 2.05) is 12.1 Å². The number of hydrogen-bond acceptors (Lipinski definition) is 2. The Morgan fingerprint density at radius 2 is 2.21 bits per heavy atom. The number of carboxylic acid groups (broad SMARTS) is 1. The molecule has 1 heterocycles. The van der Waals surface area contributed by atoms with E-state index in [0.717, 1.165) is 8.96 Å². The van der Waals surface area contributed by atoms with Gasteiger partial charge in [0.1, 0.15) is 0 Å². The van der Waals surface area contributed by atoms with Crippen LogP contribution < -0.4 is 0 Å². The highest BCUT2D eigenvalue weighted by Gasteiger charge is 2.09. The zero-order valence-electron chi connectivity index (χ0n) is 7.07. The van der Waals surface area contributed by atoms with Crippen molar-refractivity contribution in [1.82, 2.24) is 4.98 Å². The number of carbonyl (C=O) groups is 1. The van der Waals surface area contributed by atoms with Crippen LogP contribution >= 0.6 is 22.6 Å². The highest BCUT2D eigenvalue weighted by Crippen LogP contribution is 2.20. The Hall–Kier alpha value is -1.17. The molecule has 0 fully saturated rings.